The number of Topliss-reactive ketones (excluding diaryl/α,β-unsaturated/α-hetero) is 1. The molecule has 0 amide bonds. The van der Waals surface area contributed by atoms with Crippen LogP contribution in [0.1, 0.15) is 0 Å². The number of rotatable bonds is 0. The lowest BCUT2D eigenvalue weighted by Gasteiger charge is -1.97. The summed E-state index contributed by atoms with van der Waals surface area (Å²) in [6.45, 7) is 0. The summed E-state index contributed by atoms with van der Waals surface area (Å²) in [6, 6.07) is 0. The molecule has 0 heterocycles. The summed E-state index contributed by atoms with van der Waals surface area (Å²) in [4.78, 5) is 11.1. The van der Waals surface area contributed by atoms with E-state index in [0.717, 1.165) is 5.57 Å². The van der Waals surface area contributed by atoms with Gasteiger partial charge < -0.3 is 0 Å². The van der Waals surface area contributed by atoms with Crippen LogP contribution >= 0.6 is 31.9 Å². The van der Waals surface area contributed by atoms with E-state index in [2.05, 4.69) is 31.9 Å². The fraction of sp³-hybridized carbons (Fsp3) is 0.167. The molecule has 0 spiro atoms. The van der Waals surface area contributed by atoms with Gasteiger partial charge in [-0.05, 0) is 27.6 Å². The van der Waals surface area contributed by atoms with Crippen molar-refractivity contribution < 1.29 is 4.79 Å². The van der Waals surface area contributed by atoms with Crippen LogP contribution in [0.25, 0.3) is 0 Å². The van der Waals surface area contributed by atoms with Gasteiger partial charge in [-0.2, -0.15) is 0 Å². The summed E-state index contributed by atoms with van der Waals surface area (Å²) in [6.07, 6.45) is 3.75. The van der Waals surface area contributed by atoms with Gasteiger partial charge >= 0.3 is 0 Å². The molecule has 9 heavy (non-hydrogen) atoms. The zero-order chi connectivity index (χ0) is 6.65. The predicted octanol–water partition coefficient (Wildman–Crippen LogP) is 1.92. The van der Waals surface area contributed by atoms with Gasteiger partial charge in [-0.3, -0.25) is 4.79 Å². The molecule has 0 N–H and O–H groups in total. The van der Waals surface area contributed by atoms with E-state index in [1.54, 1.807) is 0 Å². The molecule has 1 nitrogen and oxygen atoms in total. The number of carbonyl (C=O) groups excluding carboxylic acids is 1. The Bertz CT molecular complexity index is 264. The first-order valence-electron chi connectivity index (χ1n) is 2.49. The Balaban J connectivity index is 2.49. The van der Waals surface area contributed by atoms with Gasteiger partial charge in [-0.25, -0.2) is 0 Å². The van der Waals surface area contributed by atoms with E-state index in [0.29, 0.717) is 4.48 Å². The number of allylic oxidation sites excluding steroid dienone is 4. The van der Waals surface area contributed by atoms with Crippen LogP contribution in [-0.2, 0) is 4.79 Å². The summed E-state index contributed by atoms with van der Waals surface area (Å²) in [5, 5.41) is 0. The summed E-state index contributed by atoms with van der Waals surface area (Å²) in [7, 11) is 0. The Morgan fingerprint density at radius 3 is 2.44 bits per heavy atom. The van der Waals surface area contributed by atoms with Crippen molar-refractivity contribution in [3.05, 3.63) is 22.2 Å². The van der Waals surface area contributed by atoms with Crippen molar-refractivity contribution in [2.24, 2.45) is 0 Å². The van der Waals surface area contributed by atoms with Crippen LogP contribution in [0.3, 0.4) is 0 Å². The standard InChI is InChI=1S/C6H2Br2O/c7-4-1-3-2-6(3,8)5(4)9/h1-2H. The molecule has 0 aromatic carbocycles. The third-order valence-electron chi connectivity index (χ3n) is 1.52. The molecule has 46 valence electrons. The van der Waals surface area contributed by atoms with Crippen molar-refractivity contribution in [1.82, 2.24) is 0 Å². The van der Waals surface area contributed by atoms with Crippen LogP contribution in [0.5, 0.6) is 0 Å². The molecule has 1 atom stereocenters. The lowest BCUT2D eigenvalue weighted by Crippen LogP contribution is -2.13. The number of alkyl halides is 1. The van der Waals surface area contributed by atoms with E-state index in [1.165, 1.54) is 0 Å². The van der Waals surface area contributed by atoms with Crippen molar-refractivity contribution in [3.8, 4) is 0 Å². The molecule has 1 unspecified atom stereocenters. The van der Waals surface area contributed by atoms with Crippen LogP contribution in [0, 0.1) is 0 Å². The Morgan fingerprint density at radius 2 is 2.22 bits per heavy atom. The number of ketones is 1. The Hall–Kier alpha value is 0.110. The largest absolute Gasteiger partial charge is 0.291 e. The number of hydrogen-bond acceptors (Lipinski definition) is 1. The van der Waals surface area contributed by atoms with Gasteiger partial charge in [0.05, 0.1) is 4.48 Å². The van der Waals surface area contributed by atoms with Gasteiger partial charge in [-0.1, -0.05) is 22.0 Å². The predicted molar refractivity (Wildman–Crippen MR) is 41.8 cm³/mol. The summed E-state index contributed by atoms with van der Waals surface area (Å²) < 4.78 is 0.295. The second-order valence-electron chi connectivity index (χ2n) is 2.13. The second kappa shape index (κ2) is 1.40. The van der Waals surface area contributed by atoms with E-state index in [-0.39, 0.29) is 10.1 Å². The number of carbonyl (C=O) groups is 1. The first-order valence-corrected chi connectivity index (χ1v) is 4.07. The van der Waals surface area contributed by atoms with Gasteiger partial charge in [0.2, 0.25) is 0 Å². The topological polar surface area (TPSA) is 17.1 Å². The van der Waals surface area contributed by atoms with Crippen molar-refractivity contribution in [1.29, 1.82) is 0 Å². The minimum Gasteiger partial charge on any atom is -0.291 e. The first-order chi connectivity index (χ1) is 4.14. The average Bonchev–Trinajstić information content (AvgIpc) is 2.36. The van der Waals surface area contributed by atoms with Gasteiger partial charge in [0, 0.05) is 0 Å². The highest BCUT2D eigenvalue weighted by Gasteiger charge is 2.52. The van der Waals surface area contributed by atoms with E-state index in [1.807, 2.05) is 12.2 Å². The third-order valence-corrected chi connectivity index (χ3v) is 3.16. The number of fused-ring (bicyclic) bond motifs is 1. The zero-order valence-electron chi connectivity index (χ0n) is 4.32. The quantitative estimate of drug-likeness (QED) is 0.600. The molecule has 0 fully saturated rings. The third kappa shape index (κ3) is 0.567. The molecule has 2 aliphatic rings. The molecule has 0 aromatic rings. The highest BCUT2D eigenvalue weighted by Crippen LogP contribution is 2.52. The van der Waals surface area contributed by atoms with Crippen LogP contribution in [0.4, 0.5) is 0 Å². The minimum absolute atomic E-state index is 0.123. The van der Waals surface area contributed by atoms with Gasteiger partial charge in [0.25, 0.3) is 0 Å². The normalized spacial score (nSPS) is 37.8. The fourth-order valence-electron chi connectivity index (χ4n) is 0.897. The highest BCUT2D eigenvalue weighted by atomic mass is 79.9. The first kappa shape index (κ1) is 5.86. The molecule has 0 saturated carbocycles. The molecule has 0 bridgehead atoms. The summed E-state index contributed by atoms with van der Waals surface area (Å²) in [5.41, 5.74) is 1.08. The van der Waals surface area contributed by atoms with E-state index in [9.17, 15) is 4.79 Å². The van der Waals surface area contributed by atoms with Crippen LogP contribution in [0.15, 0.2) is 22.2 Å². The van der Waals surface area contributed by atoms with Crippen LogP contribution < -0.4 is 0 Å². The Kier molecular flexibility index (Phi) is 0.912. The summed E-state index contributed by atoms with van der Waals surface area (Å²) in [5.74, 6) is 0.123. The van der Waals surface area contributed by atoms with E-state index >= 15 is 0 Å². The minimum atomic E-state index is -0.383. The van der Waals surface area contributed by atoms with Gasteiger partial charge in [0.1, 0.15) is 4.32 Å². The van der Waals surface area contributed by atoms with E-state index in [4.69, 9.17) is 0 Å². The molecule has 2 rings (SSSR count). The Morgan fingerprint density at radius 1 is 1.56 bits per heavy atom. The molecule has 3 heteroatoms. The molecule has 0 saturated heterocycles. The van der Waals surface area contributed by atoms with Crippen LogP contribution in [0.2, 0.25) is 0 Å². The lowest BCUT2D eigenvalue weighted by molar-refractivity contribution is -0.114. The maximum atomic E-state index is 11.1. The molecule has 0 aromatic heterocycles. The Labute approximate surface area is 69.1 Å². The molecular weight excluding hydrogens is 248 g/mol. The number of halogens is 2. The fourth-order valence-corrected chi connectivity index (χ4v) is 2.30. The smallest absolute Gasteiger partial charge is 0.194 e. The second-order valence-corrected chi connectivity index (χ2v) is 4.24. The average molecular weight is 250 g/mol. The van der Waals surface area contributed by atoms with Crippen molar-refractivity contribution in [3.63, 3.8) is 0 Å². The van der Waals surface area contributed by atoms with E-state index < -0.39 is 0 Å². The zero-order valence-corrected chi connectivity index (χ0v) is 7.49. The lowest BCUT2D eigenvalue weighted by atomic mass is 10.3. The SMILES string of the molecule is O=C1C(Br)=CC2=CC12Br. The molecule has 0 aliphatic heterocycles. The maximum absolute atomic E-state index is 11.1. The highest BCUT2D eigenvalue weighted by molar-refractivity contribution is 9.12. The number of hydrogen-bond donors (Lipinski definition) is 0. The summed E-state index contributed by atoms with van der Waals surface area (Å²) >= 11 is 6.45. The molecular formula is C6H2Br2O. The molecule has 0 radical (unpaired) electrons. The van der Waals surface area contributed by atoms with Crippen LogP contribution in [-0.4, -0.2) is 10.1 Å². The van der Waals surface area contributed by atoms with Crippen molar-refractivity contribution in [2.45, 2.75) is 4.32 Å². The van der Waals surface area contributed by atoms with Gasteiger partial charge in [0.15, 0.2) is 5.78 Å². The van der Waals surface area contributed by atoms with Crippen molar-refractivity contribution >= 4 is 37.6 Å². The monoisotopic (exact) mass is 248 g/mol. The molecule has 2 aliphatic carbocycles. The van der Waals surface area contributed by atoms with Gasteiger partial charge in [-0.15, -0.1) is 0 Å². The maximum Gasteiger partial charge on any atom is 0.194 e. The van der Waals surface area contributed by atoms with Crippen molar-refractivity contribution in [2.75, 3.05) is 0 Å².